The number of fused-ring (bicyclic) bond motifs is 1. The van der Waals surface area contributed by atoms with Gasteiger partial charge >= 0.3 is 0 Å². The van der Waals surface area contributed by atoms with Crippen LogP contribution in [0.4, 0.5) is 0 Å². The molecule has 0 saturated carbocycles. The first-order valence-electron chi connectivity index (χ1n) is 7.82. The van der Waals surface area contributed by atoms with Gasteiger partial charge in [0.25, 0.3) is 0 Å². The van der Waals surface area contributed by atoms with Gasteiger partial charge in [0.1, 0.15) is 5.65 Å². The number of imidazole rings is 1. The molecule has 0 spiro atoms. The summed E-state index contributed by atoms with van der Waals surface area (Å²) in [6.45, 7) is 1.31. The first-order chi connectivity index (χ1) is 11.6. The third kappa shape index (κ3) is 2.76. The number of aromatic nitrogens is 2. The van der Waals surface area contributed by atoms with E-state index in [9.17, 15) is 4.79 Å². The van der Waals surface area contributed by atoms with Crippen LogP contribution in [0.3, 0.4) is 0 Å². The minimum absolute atomic E-state index is 0.189. The lowest BCUT2D eigenvalue weighted by molar-refractivity contribution is -0.128. The minimum atomic E-state index is 0.189. The Labute approximate surface area is 149 Å². The zero-order valence-corrected chi connectivity index (χ0v) is 14.4. The maximum atomic E-state index is 12.0. The Hall–Kier alpha value is -2.04. The minimum Gasteiger partial charge on any atom is -0.337 e. The predicted molar refractivity (Wildman–Crippen MR) is 95.3 cm³/mol. The summed E-state index contributed by atoms with van der Waals surface area (Å²) >= 11 is 12.2. The van der Waals surface area contributed by atoms with Crippen molar-refractivity contribution in [3.63, 3.8) is 0 Å². The van der Waals surface area contributed by atoms with Gasteiger partial charge in [0, 0.05) is 29.7 Å². The van der Waals surface area contributed by atoms with Gasteiger partial charge in [-0.15, -0.1) is 0 Å². The molecule has 0 bridgehead atoms. The fourth-order valence-electron chi connectivity index (χ4n) is 3.11. The second-order valence-electron chi connectivity index (χ2n) is 5.91. The van der Waals surface area contributed by atoms with Gasteiger partial charge in [-0.25, -0.2) is 4.98 Å². The molecule has 0 N–H and O–H groups in total. The number of pyridine rings is 1. The van der Waals surface area contributed by atoms with Gasteiger partial charge in [-0.05, 0) is 30.7 Å². The topological polar surface area (TPSA) is 37.6 Å². The second kappa shape index (κ2) is 6.11. The summed E-state index contributed by atoms with van der Waals surface area (Å²) < 4.78 is 1.97. The Morgan fingerprint density at radius 2 is 1.79 bits per heavy atom. The van der Waals surface area contributed by atoms with Crippen molar-refractivity contribution in [1.82, 2.24) is 14.3 Å². The summed E-state index contributed by atoms with van der Waals surface area (Å²) in [6.07, 6.45) is 3.37. The maximum Gasteiger partial charge on any atom is 0.222 e. The van der Waals surface area contributed by atoms with Crippen molar-refractivity contribution in [1.29, 1.82) is 0 Å². The van der Waals surface area contributed by atoms with Crippen LogP contribution in [0.1, 0.15) is 18.5 Å². The van der Waals surface area contributed by atoms with Crippen LogP contribution in [0, 0.1) is 0 Å². The number of carbonyl (C=O) groups is 1. The Kier molecular flexibility index (Phi) is 3.94. The molecule has 4 rings (SSSR count). The highest BCUT2D eigenvalue weighted by Gasteiger charge is 2.24. The second-order valence-corrected chi connectivity index (χ2v) is 6.78. The molecule has 122 valence electrons. The lowest BCUT2D eigenvalue weighted by Crippen LogP contribution is -2.24. The van der Waals surface area contributed by atoms with E-state index in [-0.39, 0.29) is 5.91 Å². The highest BCUT2D eigenvalue weighted by Crippen LogP contribution is 2.29. The number of amides is 1. The van der Waals surface area contributed by atoms with Crippen LogP contribution in [0.15, 0.2) is 42.6 Å². The predicted octanol–water partition coefficient (Wildman–Crippen LogP) is 4.43. The monoisotopic (exact) mass is 359 g/mol. The van der Waals surface area contributed by atoms with Crippen LogP contribution in [-0.2, 0) is 11.3 Å². The highest BCUT2D eigenvalue weighted by atomic mass is 35.5. The molecular formula is C18H15Cl2N3O. The molecule has 1 aromatic carbocycles. The Bertz CT molecular complexity index is 918. The van der Waals surface area contributed by atoms with Crippen LogP contribution in [0.25, 0.3) is 16.9 Å². The van der Waals surface area contributed by atoms with E-state index in [4.69, 9.17) is 28.2 Å². The Morgan fingerprint density at radius 3 is 2.50 bits per heavy atom. The molecule has 2 aromatic heterocycles. The first kappa shape index (κ1) is 15.5. The standard InChI is InChI=1S/C18H15Cl2N3O/c19-13-5-3-12(4-6-13)18-15(11-22-9-1-2-17(22)24)23-10-14(20)7-8-16(23)21-18/h3-8,10H,1-2,9,11H2. The zero-order valence-electron chi connectivity index (χ0n) is 12.9. The molecule has 0 atom stereocenters. The fourth-order valence-corrected chi connectivity index (χ4v) is 3.40. The van der Waals surface area contributed by atoms with Crippen molar-refractivity contribution in [2.45, 2.75) is 19.4 Å². The van der Waals surface area contributed by atoms with Gasteiger partial charge in [-0.1, -0.05) is 35.3 Å². The number of nitrogens with zero attached hydrogens (tertiary/aromatic N) is 3. The zero-order chi connectivity index (χ0) is 16.7. The molecule has 1 fully saturated rings. The summed E-state index contributed by atoms with van der Waals surface area (Å²) in [5.41, 5.74) is 3.60. The summed E-state index contributed by atoms with van der Waals surface area (Å²) in [5.74, 6) is 0.189. The van der Waals surface area contributed by atoms with E-state index >= 15 is 0 Å². The Morgan fingerprint density at radius 1 is 1.04 bits per heavy atom. The third-order valence-corrected chi connectivity index (χ3v) is 4.79. The number of likely N-dealkylation sites (tertiary alicyclic amines) is 1. The van der Waals surface area contributed by atoms with E-state index in [0.29, 0.717) is 23.0 Å². The largest absolute Gasteiger partial charge is 0.337 e. The molecule has 3 heterocycles. The number of benzene rings is 1. The number of halogens is 2. The van der Waals surface area contributed by atoms with E-state index in [1.165, 1.54) is 0 Å². The molecule has 1 saturated heterocycles. The van der Waals surface area contributed by atoms with Gasteiger partial charge < -0.3 is 9.30 Å². The average Bonchev–Trinajstić information content (AvgIpc) is 3.13. The lowest BCUT2D eigenvalue weighted by atomic mass is 10.1. The normalized spacial score (nSPS) is 14.8. The van der Waals surface area contributed by atoms with Crippen molar-refractivity contribution >= 4 is 34.8 Å². The molecular weight excluding hydrogens is 345 g/mol. The van der Waals surface area contributed by atoms with Crippen LogP contribution >= 0.6 is 23.2 Å². The maximum absolute atomic E-state index is 12.0. The smallest absolute Gasteiger partial charge is 0.222 e. The van der Waals surface area contributed by atoms with Gasteiger partial charge in [-0.2, -0.15) is 0 Å². The molecule has 0 aliphatic carbocycles. The molecule has 0 unspecified atom stereocenters. The Balaban J connectivity index is 1.86. The van der Waals surface area contributed by atoms with E-state index in [0.717, 1.165) is 35.6 Å². The van der Waals surface area contributed by atoms with Crippen molar-refractivity contribution in [3.05, 3.63) is 58.3 Å². The van der Waals surface area contributed by atoms with Crippen LogP contribution in [0.5, 0.6) is 0 Å². The number of rotatable bonds is 3. The summed E-state index contributed by atoms with van der Waals surface area (Å²) in [4.78, 5) is 18.7. The van der Waals surface area contributed by atoms with E-state index in [2.05, 4.69) is 0 Å². The fraction of sp³-hybridized carbons (Fsp3) is 0.222. The van der Waals surface area contributed by atoms with Crippen molar-refractivity contribution in [3.8, 4) is 11.3 Å². The molecule has 4 nitrogen and oxygen atoms in total. The van der Waals surface area contributed by atoms with Gasteiger partial charge in [-0.3, -0.25) is 4.79 Å². The molecule has 0 radical (unpaired) electrons. The number of hydrogen-bond acceptors (Lipinski definition) is 2. The molecule has 1 aliphatic heterocycles. The number of hydrogen-bond donors (Lipinski definition) is 0. The van der Waals surface area contributed by atoms with Crippen molar-refractivity contribution < 1.29 is 4.79 Å². The molecule has 3 aromatic rings. The van der Waals surface area contributed by atoms with E-state index in [1.807, 2.05) is 51.9 Å². The quantitative estimate of drug-likeness (QED) is 0.693. The summed E-state index contributed by atoms with van der Waals surface area (Å²) in [5, 5.41) is 1.32. The van der Waals surface area contributed by atoms with Crippen molar-refractivity contribution in [2.24, 2.45) is 0 Å². The van der Waals surface area contributed by atoms with E-state index in [1.54, 1.807) is 0 Å². The highest BCUT2D eigenvalue weighted by molar-refractivity contribution is 6.30. The molecule has 24 heavy (non-hydrogen) atoms. The number of carbonyl (C=O) groups excluding carboxylic acids is 1. The SMILES string of the molecule is O=C1CCCN1Cc1c(-c2ccc(Cl)cc2)nc2ccc(Cl)cn12. The molecule has 1 aliphatic rings. The van der Waals surface area contributed by atoms with E-state index < -0.39 is 0 Å². The third-order valence-electron chi connectivity index (χ3n) is 4.31. The summed E-state index contributed by atoms with van der Waals surface area (Å²) in [7, 11) is 0. The lowest BCUT2D eigenvalue weighted by Gasteiger charge is -2.16. The van der Waals surface area contributed by atoms with Gasteiger partial charge in [0.15, 0.2) is 0 Å². The van der Waals surface area contributed by atoms with Crippen LogP contribution in [0.2, 0.25) is 10.0 Å². The molecule has 6 heteroatoms. The average molecular weight is 360 g/mol. The van der Waals surface area contributed by atoms with Crippen LogP contribution < -0.4 is 0 Å². The van der Waals surface area contributed by atoms with Crippen molar-refractivity contribution in [2.75, 3.05) is 6.54 Å². The summed E-state index contributed by atoms with van der Waals surface area (Å²) in [6, 6.07) is 11.3. The first-order valence-corrected chi connectivity index (χ1v) is 8.57. The molecule has 1 amide bonds. The van der Waals surface area contributed by atoms with Gasteiger partial charge in [0.2, 0.25) is 5.91 Å². The van der Waals surface area contributed by atoms with Gasteiger partial charge in [0.05, 0.1) is 23.0 Å². The van der Waals surface area contributed by atoms with Crippen LogP contribution in [-0.4, -0.2) is 26.7 Å².